The minimum absolute atomic E-state index is 0.0648. The van der Waals surface area contributed by atoms with Gasteiger partial charge in [-0.3, -0.25) is 9.59 Å². The molecule has 2 aromatic carbocycles. The fourth-order valence-corrected chi connectivity index (χ4v) is 3.21. The van der Waals surface area contributed by atoms with Gasteiger partial charge < -0.3 is 10.2 Å². The molecule has 0 aliphatic carbocycles. The van der Waals surface area contributed by atoms with E-state index in [1.807, 2.05) is 31.2 Å². The van der Waals surface area contributed by atoms with Crippen molar-refractivity contribution in [2.75, 3.05) is 6.54 Å². The predicted octanol–water partition coefficient (Wildman–Crippen LogP) is 2.64. The van der Waals surface area contributed by atoms with Crippen LogP contribution in [0.3, 0.4) is 0 Å². The van der Waals surface area contributed by atoms with Crippen LogP contribution in [0.15, 0.2) is 42.5 Å². The van der Waals surface area contributed by atoms with Gasteiger partial charge >= 0.3 is 0 Å². The third-order valence-electron chi connectivity index (χ3n) is 4.38. The topological polar surface area (TPSA) is 49.4 Å². The van der Waals surface area contributed by atoms with Crippen LogP contribution in [-0.4, -0.2) is 29.8 Å². The molecule has 0 unspecified atom stereocenters. The first-order chi connectivity index (χ1) is 10.7. The highest BCUT2D eigenvalue weighted by atomic mass is 16.2. The SMILES string of the molecule is C[C@H](NC(=O)[C@H]1CCCN1C=O)c1cccc2ccccc12. The van der Waals surface area contributed by atoms with E-state index in [2.05, 4.69) is 23.5 Å². The molecule has 22 heavy (non-hydrogen) atoms. The Hall–Kier alpha value is -2.36. The Morgan fingerprint density at radius 1 is 1.27 bits per heavy atom. The summed E-state index contributed by atoms with van der Waals surface area (Å²) in [5.74, 6) is -0.0648. The molecular formula is C18H20N2O2. The lowest BCUT2D eigenvalue weighted by Gasteiger charge is -2.23. The van der Waals surface area contributed by atoms with Crippen LogP contribution in [0.5, 0.6) is 0 Å². The maximum atomic E-state index is 12.4. The summed E-state index contributed by atoms with van der Waals surface area (Å²) < 4.78 is 0. The second-order valence-electron chi connectivity index (χ2n) is 5.80. The fourth-order valence-electron chi connectivity index (χ4n) is 3.21. The number of amides is 2. The number of carbonyl (C=O) groups is 2. The third kappa shape index (κ3) is 2.69. The molecule has 2 aromatic rings. The number of nitrogens with zero attached hydrogens (tertiary/aromatic N) is 1. The summed E-state index contributed by atoms with van der Waals surface area (Å²) in [6.07, 6.45) is 2.41. The molecule has 0 radical (unpaired) electrons. The van der Waals surface area contributed by atoms with Crippen molar-refractivity contribution < 1.29 is 9.59 Å². The summed E-state index contributed by atoms with van der Waals surface area (Å²) in [7, 11) is 0. The van der Waals surface area contributed by atoms with E-state index < -0.39 is 0 Å². The van der Waals surface area contributed by atoms with Gasteiger partial charge in [-0.15, -0.1) is 0 Å². The van der Waals surface area contributed by atoms with Gasteiger partial charge in [0.05, 0.1) is 6.04 Å². The zero-order valence-electron chi connectivity index (χ0n) is 12.7. The molecule has 1 aliphatic heterocycles. The quantitative estimate of drug-likeness (QED) is 0.882. The number of carbonyl (C=O) groups excluding carboxylic acids is 2. The van der Waals surface area contributed by atoms with Gasteiger partial charge in [0.25, 0.3) is 0 Å². The molecule has 1 heterocycles. The Morgan fingerprint density at radius 3 is 2.86 bits per heavy atom. The highest BCUT2D eigenvalue weighted by Gasteiger charge is 2.30. The Bertz CT molecular complexity index is 693. The lowest BCUT2D eigenvalue weighted by molar-refractivity contribution is -0.131. The summed E-state index contributed by atoms with van der Waals surface area (Å²) in [6, 6.07) is 13.9. The number of hydrogen-bond donors (Lipinski definition) is 1. The first-order valence-electron chi connectivity index (χ1n) is 7.70. The fraction of sp³-hybridized carbons (Fsp3) is 0.333. The largest absolute Gasteiger partial charge is 0.348 e. The Balaban J connectivity index is 1.80. The van der Waals surface area contributed by atoms with Gasteiger partial charge in [0.15, 0.2) is 0 Å². The smallest absolute Gasteiger partial charge is 0.243 e. The second-order valence-corrected chi connectivity index (χ2v) is 5.80. The van der Waals surface area contributed by atoms with Crippen LogP contribution in [-0.2, 0) is 9.59 Å². The van der Waals surface area contributed by atoms with Gasteiger partial charge in [-0.2, -0.15) is 0 Å². The van der Waals surface area contributed by atoms with Gasteiger partial charge in [-0.05, 0) is 36.1 Å². The molecule has 2 amide bonds. The predicted molar refractivity (Wildman–Crippen MR) is 86.3 cm³/mol. The molecule has 1 aliphatic rings. The van der Waals surface area contributed by atoms with Gasteiger partial charge in [0, 0.05) is 6.54 Å². The highest BCUT2D eigenvalue weighted by molar-refractivity contribution is 5.88. The van der Waals surface area contributed by atoms with Crippen LogP contribution in [0.2, 0.25) is 0 Å². The van der Waals surface area contributed by atoms with E-state index in [0.29, 0.717) is 6.54 Å². The van der Waals surface area contributed by atoms with Crippen molar-refractivity contribution in [1.82, 2.24) is 10.2 Å². The second kappa shape index (κ2) is 6.18. The minimum Gasteiger partial charge on any atom is -0.348 e. The lowest BCUT2D eigenvalue weighted by Crippen LogP contribution is -2.43. The molecule has 0 bridgehead atoms. The molecule has 1 fully saturated rings. The van der Waals surface area contributed by atoms with Crippen molar-refractivity contribution in [3.05, 3.63) is 48.0 Å². The Kier molecular flexibility index (Phi) is 4.09. The molecule has 0 saturated carbocycles. The standard InChI is InChI=1S/C18H20N2O2/c1-13(19-18(22)17-10-5-11-20(17)12-21)15-9-4-7-14-6-2-3-8-16(14)15/h2-4,6-9,12-13,17H,5,10-11H2,1H3,(H,19,22)/t13-,17+/m0/s1. The molecule has 4 nitrogen and oxygen atoms in total. The molecule has 3 rings (SSSR count). The van der Waals surface area contributed by atoms with Gasteiger partial charge in [-0.25, -0.2) is 0 Å². The summed E-state index contributed by atoms with van der Waals surface area (Å²) in [6.45, 7) is 2.66. The number of benzene rings is 2. The number of fused-ring (bicyclic) bond motifs is 1. The van der Waals surface area contributed by atoms with Crippen molar-refractivity contribution >= 4 is 23.1 Å². The summed E-state index contributed by atoms with van der Waals surface area (Å²) in [5, 5.41) is 5.37. The first-order valence-corrected chi connectivity index (χ1v) is 7.70. The van der Waals surface area contributed by atoms with E-state index in [1.54, 1.807) is 4.90 Å². The zero-order valence-corrected chi connectivity index (χ0v) is 12.7. The highest BCUT2D eigenvalue weighted by Crippen LogP contribution is 2.25. The number of rotatable bonds is 4. The summed E-state index contributed by atoms with van der Waals surface area (Å²) in [4.78, 5) is 25.0. The van der Waals surface area contributed by atoms with E-state index in [4.69, 9.17) is 0 Å². The third-order valence-corrected chi connectivity index (χ3v) is 4.38. The molecule has 0 spiro atoms. The normalized spacial score (nSPS) is 19.1. The van der Waals surface area contributed by atoms with E-state index in [0.717, 1.165) is 35.6 Å². The van der Waals surface area contributed by atoms with Crippen LogP contribution in [0.25, 0.3) is 10.8 Å². The van der Waals surface area contributed by atoms with Gasteiger partial charge in [0.2, 0.25) is 12.3 Å². The number of hydrogen-bond acceptors (Lipinski definition) is 2. The van der Waals surface area contributed by atoms with Crippen molar-refractivity contribution in [3.63, 3.8) is 0 Å². The van der Waals surface area contributed by atoms with E-state index in [1.165, 1.54) is 0 Å². The van der Waals surface area contributed by atoms with E-state index in [9.17, 15) is 9.59 Å². The minimum atomic E-state index is -0.324. The molecule has 4 heteroatoms. The van der Waals surface area contributed by atoms with Crippen molar-refractivity contribution in [3.8, 4) is 0 Å². The average Bonchev–Trinajstić information content (AvgIpc) is 3.03. The first kappa shape index (κ1) is 14.6. The monoisotopic (exact) mass is 296 g/mol. The average molecular weight is 296 g/mol. The summed E-state index contributed by atoms with van der Waals surface area (Å²) in [5.41, 5.74) is 1.10. The molecule has 2 atom stereocenters. The van der Waals surface area contributed by atoms with Crippen molar-refractivity contribution in [2.45, 2.75) is 31.8 Å². The molecule has 1 saturated heterocycles. The number of nitrogens with one attached hydrogen (secondary N) is 1. The van der Waals surface area contributed by atoms with Crippen molar-refractivity contribution in [2.24, 2.45) is 0 Å². The lowest BCUT2D eigenvalue weighted by atomic mass is 9.99. The summed E-state index contributed by atoms with van der Waals surface area (Å²) >= 11 is 0. The van der Waals surface area contributed by atoms with Crippen LogP contribution in [0.4, 0.5) is 0 Å². The van der Waals surface area contributed by atoms with Gasteiger partial charge in [0.1, 0.15) is 6.04 Å². The maximum absolute atomic E-state index is 12.4. The van der Waals surface area contributed by atoms with Crippen LogP contribution >= 0.6 is 0 Å². The molecule has 0 aromatic heterocycles. The van der Waals surface area contributed by atoms with E-state index in [-0.39, 0.29) is 18.0 Å². The molecule has 1 N–H and O–H groups in total. The van der Waals surface area contributed by atoms with Crippen LogP contribution in [0, 0.1) is 0 Å². The Labute approximate surface area is 130 Å². The maximum Gasteiger partial charge on any atom is 0.243 e. The van der Waals surface area contributed by atoms with Gasteiger partial charge in [-0.1, -0.05) is 42.5 Å². The van der Waals surface area contributed by atoms with Crippen molar-refractivity contribution in [1.29, 1.82) is 0 Å². The zero-order chi connectivity index (χ0) is 15.5. The number of likely N-dealkylation sites (tertiary alicyclic amines) is 1. The Morgan fingerprint density at radius 2 is 2.05 bits per heavy atom. The van der Waals surface area contributed by atoms with Crippen LogP contribution < -0.4 is 5.32 Å². The van der Waals surface area contributed by atoms with E-state index >= 15 is 0 Å². The van der Waals surface area contributed by atoms with Crippen LogP contribution in [0.1, 0.15) is 31.4 Å². The molecule has 114 valence electrons. The molecular weight excluding hydrogens is 276 g/mol.